The summed E-state index contributed by atoms with van der Waals surface area (Å²) in [7, 11) is 0. The van der Waals surface area contributed by atoms with E-state index < -0.39 is 25.2 Å². The topological polar surface area (TPSA) is 105 Å². The number of benzene rings is 3. The number of halogens is 4. The van der Waals surface area contributed by atoms with Crippen molar-refractivity contribution in [2.24, 2.45) is 5.92 Å². The molecule has 1 saturated carbocycles. The predicted octanol–water partition coefficient (Wildman–Crippen LogP) is 7.11. The zero-order chi connectivity index (χ0) is 27.4. The third kappa shape index (κ3) is 7.05. The lowest BCUT2D eigenvalue weighted by molar-refractivity contribution is -0.139. The first-order valence-electron chi connectivity index (χ1n) is 12.3. The number of alkyl halides is 3. The van der Waals surface area contributed by atoms with Crippen molar-refractivity contribution in [3.63, 3.8) is 0 Å². The number of aromatic nitrogens is 4. The van der Waals surface area contributed by atoms with E-state index in [4.69, 9.17) is 16.3 Å². The van der Waals surface area contributed by atoms with E-state index in [9.17, 15) is 18.0 Å². The van der Waals surface area contributed by atoms with Gasteiger partial charge in [-0.2, -0.15) is 13.2 Å². The van der Waals surface area contributed by atoms with E-state index in [1.807, 2.05) is 30.3 Å². The van der Waals surface area contributed by atoms with Crippen LogP contribution in [0.25, 0.3) is 22.5 Å². The highest BCUT2D eigenvalue weighted by atomic mass is 35.5. The van der Waals surface area contributed by atoms with Crippen LogP contribution in [0.15, 0.2) is 60.7 Å². The third-order valence-corrected chi connectivity index (χ3v) is 6.44. The molecule has 0 bridgehead atoms. The standard InChI is InChI=1S/C27H24ClF3N6O2/c28-19-7-9-20(10-8-19)32-26(38)33-23-15-17(21-3-1-2-4-22(21)25-34-36-37-35-25)14-18(13-16-5-6-16)24(23)39-12-11-27(29,30)31/h1-4,7-10,14-16H,5-6,11-13H2,(H2,32,33,38)(H,34,35,36,37). The summed E-state index contributed by atoms with van der Waals surface area (Å²) >= 11 is 5.93. The molecule has 2 amide bonds. The van der Waals surface area contributed by atoms with Crippen LogP contribution in [0.4, 0.5) is 29.3 Å². The summed E-state index contributed by atoms with van der Waals surface area (Å²) in [4.78, 5) is 13.0. The molecule has 0 saturated heterocycles. The summed E-state index contributed by atoms with van der Waals surface area (Å²) in [6, 6.07) is 17.0. The predicted molar refractivity (Wildman–Crippen MR) is 142 cm³/mol. The highest BCUT2D eigenvalue weighted by Crippen LogP contribution is 2.42. The molecule has 0 unspecified atom stereocenters. The van der Waals surface area contributed by atoms with E-state index in [-0.39, 0.29) is 11.4 Å². The Morgan fingerprint density at radius 2 is 1.79 bits per heavy atom. The van der Waals surface area contributed by atoms with Gasteiger partial charge >= 0.3 is 12.2 Å². The molecule has 12 heteroatoms. The number of aromatic amines is 1. The third-order valence-electron chi connectivity index (χ3n) is 6.19. The van der Waals surface area contributed by atoms with Gasteiger partial charge in [-0.1, -0.05) is 35.9 Å². The van der Waals surface area contributed by atoms with Crippen LogP contribution >= 0.6 is 11.6 Å². The monoisotopic (exact) mass is 556 g/mol. The minimum absolute atomic E-state index is 0.222. The second-order valence-corrected chi connectivity index (χ2v) is 9.69. The molecule has 8 nitrogen and oxygen atoms in total. The van der Waals surface area contributed by atoms with Gasteiger partial charge in [-0.3, -0.25) is 0 Å². The Kier molecular flexibility index (Phi) is 7.69. The van der Waals surface area contributed by atoms with E-state index in [1.165, 1.54) is 0 Å². The fourth-order valence-electron chi connectivity index (χ4n) is 4.19. The second kappa shape index (κ2) is 11.3. The minimum Gasteiger partial charge on any atom is -0.491 e. The Morgan fingerprint density at radius 3 is 2.46 bits per heavy atom. The molecule has 3 N–H and O–H groups in total. The number of anilines is 2. The molecule has 1 heterocycles. The zero-order valence-electron chi connectivity index (χ0n) is 20.6. The van der Waals surface area contributed by atoms with Crippen LogP contribution in [-0.4, -0.2) is 39.4 Å². The molecule has 202 valence electrons. The molecule has 4 aromatic rings. The summed E-state index contributed by atoms with van der Waals surface area (Å²) in [5.41, 5.74) is 3.68. The first-order chi connectivity index (χ1) is 18.7. The van der Waals surface area contributed by atoms with Gasteiger partial charge in [0.25, 0.3) is 0 Å². The number of urea groups is 1. The largest absolute Gasteiger partial charge is 0.491 e. The first kappa shape index (κ1) is 26.5. The van der Waals surface area contributed by atoms with Crippen molar-refractivity contribution in [1.82, 2.24) is 20.6 Å². The maximum absolute atomic E-state index is 13.0. The molecule has 0 spiro atoms. The summed E-state index contributed by atoms with van der Waals surface area (Å²) in [6.07, 6.45) is -2.84. The molecule has 1 aliphatic carbocycles. The van der Waals surface area contributed by atoms with Crippen molar-refractivity contribution >= 4 is 29.0 Å². The van der Waals surface area contributed by atoms with Crippen molar-refractivity contribution < 1.29 is 22.7 Å². The number of H-pyrrole nitrogens is 1. The first-order valence-corrected chi connectivity index (χ1v) is 12.7. The number of ether oxygens (including phenoxy) is 1. The van der Waals surface area contributed by atoms with E-state index in [1.54, 1.807) is 30.3 Å². The number of hydrogen-bond acceptors (Lipinski definition) is 5. The van der Waals surface area contributed by atoms with E-state index in [0.29, 0.717) is 34.4 Å². The second-order valence-electron chi connectivity index (χ2n) is 9.25. The maximum atomic E-state index is 13.0. The van der Waals surface area contributed by atoms with Crippen molar-refractivity contribution in [2.75, 3.05) is 17.2 Å². The number of nitrogens with one attached hydrogen (secondary N) is 3. The van der Waals surface area contributed by atoms with Crippen LogP contribution in [-0.2, 0) is 6.42 Å². The molecule has 3 aromatic carbocycles. The van der Waals surface area contributed by atoms with Gasteiger partial charge in [-0.25, -0.2) is 9.89 Å². The van der Waals surface area contributed by atoms with Crippen LogP contribution in [0.1, 0.15) is 24.8 Å². The van der Waals surface area contributed by atoms with Crippen LogP contribution in [0.3, 0.4) is 0 Å². The molecular formula is C27H24ClF3N6O2. The average Bonchev–Trinajstić information content (AvgIpc) is 3.54. The highest BCUT2D eigenvalue weighted by molar-refractivity contribution is 6.30. The average molecular weight is 557 g/mol. The summed E-state index contributed by atoms with van der Waals surface area (Å²) in [6.45, 7) is -0.575. The molecule has 5 rings (SSSR count). The van der Waals surface area contributed by atoms with E-state index >= 15 is 0 Å². The number of amides is 2. The van der Waals surface area contributed by atoms with Gasteiger partial charge in [0.1, 0.15) is 5.75 Å². The lowest BCUT2D eigenvalue weighted by Gasteiger charge is -2.20. The van der Waals surface area contributed by atoms with Gasteiger partial charge in [-0.15, -0.1) is 5.10 Å². The lowest BCUT2D eigenvalue weighted by Crippen LogP contribution is -2.21. The van der Waals surface area contributed by atoms with Gasteiger partial charge in [0, 0.05) is 16.3 Å². The number of carbonyl (C=O) groups is 1. The van der Waals surface area contributed by atoms with E-state index in [2.05, 4.69) is 31.3 Å². The smallest absolute Gasteiger partial charge is 0.392 e. The van der Waals surface area contributed by atoms with Crippen LogP contribution in [0.5, 0.6) is 5.75 Å². The Labute approximate surface area is 226 Å². The van der Waals surface area contributed by atoms with Gasteiger partial charge < -0.3 is 15.4 Å². The molecule has 0 atom stereocenters. The lowest BCUT2D eigenvalue weighted by atomic mass is 9.94. The molecule has 1 fully saturated rings. The molecule has 0 aliphatic heterocycles. The Bertz CT molecular complexity index is 1440. The van der Waals surface area contributed by atoms with Gasteiger partial charge in [-0.05, 0) is 88.7 Å². The molecule has 1 aliphatic rings. The summed E-state index contributed by atoms with van der Waals surface area (Å²) < 4.78 is 44.5. The normalized spacial score (nSPS) is 13.2. The summed E-state index contributed by atoms with van der Waals surface area (Å²) in [5.74, 6) is 1.07. The van der Waals surface area contributed by atoms with Crippen molar-refractivity contribution in [2.45, 2.75) is 31.9 Å². The molecule has 39 heavy (non-hydrogen) atoms. The molecule has 0 radical (unpaired) electrons. The highest BCUT2D eigenvalue weighted by Gasteiger charge is 2.29. The number of hydrogen-bond donors (Lipinski definition) is 3. The fourth-order valence-corrected chi connectivity index (χ4v) is 4.32. The van der Waals surface area contributed by atoms with Crippen molar-refractivity contribution in [3.05, 3.63) is 71.2 Å². The molecule has 1 aromatic heterocycles. The van der Waals surface area contributed by atoms with Crippen molar-refractivity contribution in [1.29, 1.82) is 0 Å². The number of rotatable bonds is 9. The fraction of sp³-hybridized carbons (Fsp3) is 0.259. The van der Waals surface area contributed by atoms with Gasteiger partial charge in [0.05, 0.1) is 18.7 Å². The minimum atomic E-state index is -4.37. The van der Waals surface area contributed by atoms with Gasteiger partial charge in [0.15, 0.2) is 5.82 Å². The maximum Gasteiger partial charge on any atom is 0.392 e. The van der Waals surface area contributed by atoms with E-state index in [0.717, 1.165) is 29.5 Å². The Hall–Kier alpha value is -4.12. The van der Waals surface area contributed by atoms with Crippen molar-refractivity contribution in [3.8, 4) is 28.3 Å². The Balaban J connectivity index is 1.54. The Morgan fingerprint density at radius 1 is 1.05 bits per heavy atom. The number of tetrazole rings is 1. The van der Waals surface area contributed by atoms with Crippen LogP contribution in [0.2, 0.25) is 5.02 Å². The quantitative estimate of drug-likeness (QED) is 0.204. The zero-order valence-corrected chi connectivity index (χ0v) is 21.3. The van der Waals surface area contributed by atoms with Gasteiger partial charge in [0.2, 0.25) is 0 Å². The SMILES string of the molecule is O=C(Nc1ccc(Cl)cc1)Nc1cc(-c2ccccc2-c2nnn[nH]2)cc(CC2CC2)c1OCCC(F)(F)F. The number of nitrogens with zero attached hydrogens (tertiary/aromatic N) is 3. The van der Waals surface area contributed by atoms with Crippen LogP contribution in [0, 0.1) is 5.92 Å². The molecular weight excluding hydrogens is 533 g/mol. The number of carbonyl (C=O) groups excluding carboxylic acids is 1. The van der Waals surface area contributed by atoms with Crippen LogP contribution < -0.4 is 15.4 Å². The summed E-state index contributed by atoms with van der Waals surface area (Å²) in [5, 5.41) is 20.1.